The van der Waals surface area contributed by atoms with Crippen LogP contribution in [0.1, 0.15) is 11.3 Å². The summed E-state index contributed by atoms with van der Waals surface area (Å²) < 4.78 is 1.40. The van der Waals surface area contributed by atoms with Gasteiger partial charge in [-0.1, -0.05) is 11.3 Å². The second-order valence-corrected chi connectivity index (χ2v) is 6.87. The molecule has 0 bridgehead atoms. The molecule has 1 saturated heterocycles. The second-order valence-electron chi connectivity index (χ2n) is 5.93. The number of fused-ring (bicyclic) bond motifs is 1. The maximum absolute atomic E-state index is 12.0. The first-order valence-corrected chi connectivity index (χ1v) is 8.74. The predicted octanol–water partition coefficient (Wildman–Crippen LogP) is 1.18. The molecule has 0 atom stereocenters. The fraction of sp³-hybridized carbons (Fsp3) is 0.375. The highest BCUT2D eigenvalue weighted by molar-refractivity contribution is 7.20. The van der Waals surface area contributed by atoms with E-state index in [2.05, 4.69) is 37.0 Å². The van der Waals surface area contributed by atoms with Gasteiger partial charge in [0.1, 0.15) is 0 Å². The lowest BCUT2D eigenvalue weighted by Crippen LogP contribution is -2.46. The monoisotopic (exact) mass is 342 g/mol. The fourth-order valence-electron chi connectivity index (χ4n) is 2.88. The van der Waals surface area contributed by atoms with Crippen LogP contribution in [0.15, 0.2) is 35.4 Å². The Kier molecular flexibility index (Phi) is 3.99. The van der Waals surface area contributed by atoms with E-state index in [1.165, 1.54) is 27.5 Å². The maximum Gasteiger partial charge on any atom is 0.275 e. The average Bonchev–Trinajstić information content (AvgIpc) is 3.01. The highest BCUT2D eigenvalue weighted by Crippen LogP contribution is 2.22. The molecule has 1 aliphatic heterocycles. The number of nitrogens with zero attached hydrogens (tertiary/aromatic N) is 6. The van der Waals surface area contributed by atoms with Gasteiger partial charge in [0.05, 0.1) is 0 Å². The van der Waals surface area contributed by atoms with Gasteiger partial charge in [-0.15, -0.1) is 5.10 Å². The number of hydrogen-bond acceptors (Lipinski definition) is 7. The third-order valence-electron chi connectivity index (χ3n) is 4.16. The minimum absolute atomic E-state index is 0.115. The van der Waals surface area contributed by atoms with Crippen molar-refractivity contribution in [3.63, 3.8) is 0 Å². The summed E-state index contributed by atoms with van der Waals surface area (Å²) in [6, 6.07) is 5.63. The maximum atomic E-state index is 12.0. The zero-order valence-corrected chi connectivity index (χ0v) is 14.2. The van der Waals surface area contributed by atoms with Gasteiger partial charge >= 0.3 is 0 Å². The normalized spacial score (nSPS) is 16.0. The number of piperazine rings is 1. The Morgan fingerprint density at radius 1 is 1.17 bits per heavy atom. The molecule has 0 spiro atoms. The lowest BCUT2D eigenvalue weighted by Gasteiger charge is -2.34. The molecule has 1 fully saturated rings. The van der Waals surface area contributed by atoms with Gasteiger partial charge in [0.15, 0.2) is 0 Å². The summed E-state index contributed by atoms with van der Waals surface area (Å²) >= 11 is 1.48. The molecule has 8 heteroatoms. The molecule has 0 saturated carbocycles. The quantitative estimate of drug-likeness (QED) is 0.712. The van der Waals surface area contributed by atoms with E-state index in [-0.39, 0.29) is 5.56 Å². The van der Waals surface area contributed by atoms with Crippen molar-refractivity contribution in [2.75, 3.05) is 31.1 Å². The van der Waals surface area contributed by atoms with Crippen molar-refractivity contribution in [1.82, 2.24) is 24.5 Å². The van der Waals surface area contributed by atoms with Crippen LogP contribution < -0.4 is 10.5 Å². The van der Waals surface area contributed by atoms with E-state index in [1.54, 1.807) is 0 Å². The molecule has 0 amide bonds. The van der Waals surface area contributed by atoms with Gasteiger partial charge in [0.25, 0.3) is 5.56 Å². The summed E-state index contributed by atoms with van der Waals surface area (Å²) in [5, 5.41) is 5.31. The van der Waals surface area contributed by atoms with Crippen LogP contribution in [0.5, 0.6) is 0 Å². The Morgan fingerprint density at radius 3 is 2.67 bits per heavy atom. The number of rotatable bonds is 3. The molecular weight excluding hydrogens is 324 g/mol. The van der Waals surface area contributed by atoms with E-state index in [0.29, 0.717) is 4.96 Å². The van der Waals surface area contributed by atoms with Gasteiger partial charge in [-0.3, -0.25) is 14.7 Å². The molecule has 3 aromatic rings. The van der Waals surface area contributed by atoms with Gasteiger partial charge in [-0.05, 0) is 24.6 Å². The van der Waals surface area contributed by atoms with Crippen molar-refractivity contribution in [2.24, 2.45) is 0 Å². The van der Waals surface area contributed by atoms with Crippen molar-refractivity contribution in [3.8, 4) is 0 Å². The van der Waals surface area contributed by atoms with Crippen molar-refractivity contribution < 1.29 is 0 Å². The van der Waals surface area contributed by atoms with E-state index in [0.717, 1.165) is 43.5 Å². The summed E-state index contributed by atoms with van der Waals surface area (Å²) in [7, 11) is 0. The van der Waals surface area contributed by atoms with Gasteiger partial charge in [0.2, 0.25) is 10.1 Å². The van der Waals surface area contributed by atoms with Crippen LogP contribution in [-0.2, 0) is 6.54 Å². The minimum Gasteiger partial charge on any atom is -0.344 e. The van der Waals surface area contributed by atoms with Gasteiger partial charge in [-0.2, -0.15) is 4.52 Å². The van der Waals surface area contributed by atoms with Crippen LogP contribution >= 0.6 is 11.3 Å². The van der Waals surface area contributed by atoms with Crippen LogP contribution in [0.3, 0.4) is 0 Å². The molecule has 0 aliphatic carbocycles. The standard InChI is InChI=1S/C16H18N6OS/c1-12-10-14(23)22-15(18-12)24-16(19-22)21-8-6-20(7-9-21)11-13-2-4-17-5-3-13/h2-5,10H,6-9,11H2,1H3. The molecule has 24 heavy (non-hydrogen) atoms. The van der Waals surface area contributed by atoms with Crippen molar-refractivity contribution >= 4 is 21.4 Å². The third kappa shape index (κ3) is 3.02. The number of hydrogen-bond donors (Lipinski definition) is 0. The third-order valence-corrected chi connectivity index (χ3v) is 5.13. The first-order valence-electron chi connectivity index (χ1n) is 7.93. The Bertz CT molecular complexity index is 898. The Balaban J connectivity index is 1.46. The molecule has 4 heterocycles. The van der Waals surface area contributed by atoms with E-state index < -0.39 is 0 Å². The predicted molar refractivity (Wildman–Crippen MR) is 93.6 cm³/mol. The second kappa shape index (κ2) is 6.29. The lowest BCUT2D eigenvalue weighted by molar-refractivity contribution is 0.249. The number of aryl methyl sites for hydroxylation is 1. The molecule has 0 N–H and O–H groups in total. The summed E-state index contributed by atoms with van der Waals surface area (Å²) in [6.45, 7) is 6.52. The van der Waals surface area contributed by atoms with Crippen LogP contribution in [-0.4, -0.2) is 50.7 Å². The highest BCUT2D eigenvalue weighted by atomic mass is 32.1. The van der Waals surface area contributed by atoms with Crippen LogP contribution in [0.4, 0.5) is 5.13 Å². The van der Waals surface area contributed by atoms with Crippen molar-refractivity contribution in [1.29, 1.82) is 0 Å². The lowest BCUT2D eigenvalue weighted by atomic mass is 10.2. The summed E-state index contributed by atoms with van der Waals surface area (Å²) in [6.07, 6.45) is 3.67. The topological polar surface area (TPSA) is 66.6 Å². The Hall–Kier alpha value is -2.32. The Morgan fingerprint density at radius 2 is 1.92 bits per heavy atom. The molecule has 0 unspecified atom stereocenters. The van der Waals surface area contributed by atoms with Crippen LogP contribution in [0.2, 0.25) is 0 Å². The Labute approximate surface area is 143 Å². The van der Waals surface area contributed by atoms with E-state index in [4.69, 9.17) is 0 Å². The number of anilines is 1. The fourth-order valence-corrected chi connectivity index (χ4v) is 3.89. The average molecular weight is 342 g/mol. The molecule has 3 aromatic heterocycles. The van der Waals surface area contributed by atoms with E-state index in [9.17, 15) is 4.79 Å². The zero-order valence-electron chi connectivity index (χ0n) is 13.4. The summed E-state index contributed by atoms with van der Waals surface area (Å²) in [5.74, 6) is 0. The minimum atomic E-state index is -0.115. The van der Waals surface area contributed by atoms with Crippen molar-refractivity contribution in [3.05, 3.63) is 52.2 Å². The zero-order chi connectivity index (χ0) is 16.5. The number of pyridine rings is 1. The first kappa shape index (κ1) is 15.2. The van der Waals surface area contributed by atoms with Crippen LogP contribution in [0.25, 0.3) is 4.96 Å². The van der Waals surface area contributed by atoms with Crippen LogP contribution in [0, 0.1) is 6.92 Å². The molecular formula is C16H18N6OS. The molecule has 0 radical (unpaired) electrons. The van der Waals surface area contributed by atoms with Crippen molar-refractivity contribution in [2.45, 2.75) is 13.5 Å². The summed E-state index contributed by atoms with van der Waals surface area (Å²) in [5.41, 5.74) is 1.90. The molecule has 124 valence electrons. The van der Waals surface area contributed by atoms with Gasteiger partial charge in [0, 0.05) is 56.9 Å². The smallest absolute Gasteiger partial charge is 0.275 e. The SMILES string of the molecule is Cc1cc(=O)n2nc(N3CCN(Cc4ccncc4)CC3)sc2n1. The van der Waals surface area contributed by atoms with Gasteiger partial charge < -0.3 is 4.90 Å². The molecule has 4 rings (SSSR count). The van der Waals surface area contributed by atoms with E-state index in [1.807, 2.05) is 19.3 Å². The largest absolute Gasteiger partial charge is 0.344 e. The molecule has 7 nitrogen and oxygen atoms in total. The number of aromatic nitrogens is 4. The highest BCUT2D eigenvalue weighted by Gasteiger charge is 2.20. The summed E-state index contributed by atoms with van der Waals surface area (Å²) in [4.78, 5) is 25.8. The molecule has 1 aliphatic rings. The van der Waals surface area contributed by atoms with E-state index >= 15 is 0 Å². The molecule has 0 aromatic carbocycles. The van der Waals surface area contributed by atoms with Gasteiger partial charge in [-0.25, -0.2) is 4.98 Å². The first-order chi connectivity index (χ1) is 11.7.